The first-order valence-corrected chi connectivity index (χ1v) is 5.39. The molecule has 0 aliphatic rings. The largest absolute Gasteiger partial charge is 0.409 e. The monoisotopic (exact) mass is 235 g/mol. The minimum absolute atomic E-state index is 0.000740. The molecule has 1 aromatic rings. The Balaban J connectivity index is 2.70. The molecule has 0 radical (unpaired) electrons. The van der Waals surface area contributed by atoms with Gasteiger partial charge in [-0.25, -0.2) is 0 Å². The van der Waals surface area contributed by atoms with Crippen LogP contribution in [0.3, 0.4) is 0 Å². The van der Waals surface area contributed by atoms with E-state index in [2.05, 4.69) is 10.5 Å². The maximum absolute atomic E-state index is 11.4. The number of nitrogens with one attached hydrogen (secondary N) is 1. The number of carbonyl (C=O) groups excluding carboxylic acids is 1. The molecule has 0 aliphatic heterocycles. The quantitative estimate of drug-likeness (QED) is 0.315. The van der Waals surface area contributed by atoms with Gasteiger partial charge in [-0.2, -0.15) is 0 Å². The number of benzene rings is 1. The first-order valence-electron chi connectivity index (χ1n) is 5.39. The number of hydrogen-bond donors (Lipinski definition) is 3. The number of nitrogens with two attached hydrogens (primary N) is 1. The number of amides is 1. The summed E-state index contributed by atoms with van der Waals surface area (Å²) in [6, 6.07) is 7.18. The van der Waals surface area contributed by atoms with Gasteiger partial charge in [-0.1, -0.05) is 37.2 Å². The van der Waals surface area contributed by atoms with Gasteiger partial charge in [-0.15, -0.1) is 0 Å². The summed E-state index contributed by atoms with van der Waals surface area (Å²) in [4.78, 5) is 11.4. The molecule has 5 heteroatoms. The third kappa shape index (κ3) is 3.79. The van der Waals surface area contributed by atoms with Crippen LogP contribution in [-0.4, -0.2) is 17.0 Å². The topological polar surface area (TPSA) is 87.7 Å². The predicted octanol–water partition coefficient (Wildman–Crippen LogP) is 1.05. The minimum Gasteiger partial charge on any atom is -0.409 e. The van der Waals surface area contributed by atoms with Gasteiger partial charge < -0.3 is 16.3 Å². The van der Waals surface area contributed by atoms with Crippen molar-refractivity contribution in [2.24, 2.45) is 16.8 Å². The van der Waals surface area contributed by atoms with Crippen molar-refractivity contribution in [1.29, 1.82) is 0 Å². The molecule has 0 unspecified atom stereocenters. The Bertz CT molecular complexity index is 428. The van der Waals surface area contributed by atoms with Crippen molar-refractivity contribution in [3.8, 4) is 0 Å². The minimum atomic E-state index is -0.0396. The first-order chi connectivity index (χ1) is 8.04. The Hall–Kier alpha value is -2.04. The number of oxime groups is 1. The van der Waals surface area contributed by atoms with E-state index >= 15 is 0 Å². The van der Waals surface area contributed by atoms with Crippen LogP contribution in [0.1, 0.15) is 25.0 Å². The smallest absolute Gasteiger partial charge is 0.222 e. The van der Waals surface area contributed by atoms with Crippen LogP contribution in [0, 0.1) is 5.92 Å². The van der Waals surface area contributed by atoms with Crippen molar-refractivity contribution in [2.75, 3.05) is 0 Å². The van der Waals surface area contributed by atoms with Crippen LogP contribution in [0.2, 0.25) is 0 Å². The molecule has 0 fully saturated rings. The maximum Gasteiger partial charge on any atom is 0.222 e. The summed E-state index contributed by atoms with van der Waals surface area (Å²) >= 11 is 0. The van der Waals surface area contributed by atoms with Crippen molar-refractivity contribution < 1.29 is 10.0 Å². The Morgan fingerprint density at radius 2 is 2.24 bits per heavy atom. The van der Waals surface area contributed by atoms with Crippen LogP contribution in [0.25, 0.3) is 0 Å². The second kappa shape index (κ2) is 5.89. The van der Waals surface area contributed by atoms with E-state index in [4.69, 9.17) is 10.9 Å². The summed E-state index contributed by atoms with van der Waals surface area (Å²) < 4.78 is 0. The van der Waals surface area contributed by atoms with Gasteiger partial charge in [0.1, 0.15) is 0 Å². The van der Waals surface area contributed by atoms with E-state index in [1.54, 1.807) is 18.2 Å². The Morgan fingerprint density at radius 1 is 1.53 bits per heavy atom. The second-order valence-corrected chi connectivity index (χ2v) is 4.06. The summed E-state index contributed by atoms with van der Waals surface area (Å²) in [6.07, 6.45) is 0. The van der Waals surface area contributed by atoms with Crippen molar-refractivity contribution in [1.82, 2.24) is 5.32 Å². The van der Waals surface area contributed by atoms with E-state index in [-0.39, 0.29) is 17.7 Å². The fraction of sp³-hybridized carbons (Fsp3) is 0.333. The number of amidine groups is 1. The summed E-state index contributed by atoms with van der Waals surface area (Å²) in [6.45, 7) is 4.11. The fourth-order valence-corrected chi connectivity index (χ4v) is 1.29. The van der Waals surface area contributed by atoms with Gasteiger partial charge in [0.05, 0.1) is 0 Å². The van der Waals surface area contributed by atoms with Gasteiger partial charge in [-0.3, -0.25) is 4.79 Å². The number of carbonyl (C=O) groups is 1. The predicted molar refractivity (Wildman–Crippen MR) is 65.6 cm³/mol. The summed E-state index contributed by atoms with van der Waals surface area (Å²) in [5, 5.41) is 14.3. The molecule has 0 aliphatic carbocycles. The van der Waals surface area contributed by atoms with E-state index in [1.165, 1.54) is 0 Å². The van der Waals surface area contributed by atoms with E-state index in [0.717, 1.165) is 5.56 Å². The van der Waals surface area contributed by atoms with Crippen LogP contribution >= 0.6 is 0 Å². The molecule has 1 amide bonds. The molecule has 92 valence electrons. The summed E-state index contributed by atoms with van der Waals surface area (Å²) in [5.74, 6) is 0.0171. The van der Waals surface area contributed by atoms with Crippen molar-refractivity contribution in [3.63, 3.8) is 0 Å². The van der Waals surface area contributed by atoms with Crippen molar-refractivity contribution in [2.45, 2.75) is 20.4 Å². The average molecular weight is 235 g/mol. The highest BCUT2D eigenvalue weighted by Gasteiger charge is 2.06. The fourth-order valence-electron chi connectivity index (χ4n) is 1.29. The van der Waals surface area contributed by atoms with E-state index in [9.17, 15) is 4.79 Å². The molecule has 5 nitrogen and oxygen atoms in total. The molecule has 0 atom stereocenters. The first kappa shape index (κ1) is 13.0. The molecule has 1 aromatic carbocycles. The molecule has 0 aromatic heterocycles. The zero-order valence-electron chi connectivity index (χ0n) is 9.97. The van der Waals surface area contributed by atoms with Crippen LogP contribution in [0.5, 0.6) is 0 Å². The molecule has 1 rings (SSSR count). The lowest BCUT2D eigenvalue weighted by Gasteiger charge is -2.08. The third-order valence-corrected chi connectivity index (χ3v) is 2.32. The zero-order chi connectivity index (χ0) is 12.8. The van der Waals surface area contributed by atoms with Gasteiger partial charge in [0, 0.05) is 18.0 Å². The summed E-state index contributed by atoms with van der Waals surface area (Å²) in [5.41, 5.74) is 7.01. The van der Waals surface area contributed by atoms with Crippen LogP contribution in [0.4, 0.5) is 0 Å². The van der Waals surface area contributed by atoms with Gasteiger partial charge in [-0.05, 0) is 11.6 Å². The normalized spacial score (nSPS) is 11.6. The highest BCUT2D eigenvalue weighted by Crippen LogP contribution is 2.05. The molecular formula is C12H17N3O2. The van der Waals surface area contributed by atoms with E-state index in [0.29, 0.717) is 12.1 Å². The summed E-state index contributed by atoms with van der Waals surface area (Å²) in [7, 11) is 0. The molecule has 0 saturated carbocycles. The Labute approximate surface area is 100 Å². The van der Waals surface area contributed by atoms with Gasteiger partial charge in [0.25, 0.3) is 0 Å². The zero-order valence-corrected chi connectivity index (χ0v) is 9.97. The van der Waals surface area contributed by atoms with Crippen LogP contribution in [-0.2, 0) is 11.3 Å². The lowest BCUT2D eigenvalue weighted by atomic mass is 10.1. The SMILES string of the molecule is CC(C)C(=O)NCc1cccc(C(N)=NO)c1. The molecule has 17 heavy (non-hydrogen) atoms. The van der Waals surface area contributed by atoms with E-state index in [1.807, 2.05) is 19.9 Å². The molecule has 0 heterocycles. The third-order valence-electron chi connectivity index (χ3n) is 2.32. The number of nitrogens with zero attached hydrogens (tertiary/aromatic N) is 1. The average Bonchev–Trinajstić information content (AvgIpc) is 2.35. The van der Waals surface area contributed by atoms with Crippen molar-refractivity contribution in [3.05, 3.63) is 35.4 Å². The lowest BCUT2D eigenvalue weighted by molar-refractivity contribution is -0.124. The van der Waals surface area contributed by atoms with Gasteiger partial charge >= 0.3 is 0 Å². The highest BCUT2D eigenvalue weighted by atomic mass is 16.4. The Morgan fingerprint density at radius 3 is 2.82 bits per heavy atom. The highest BCUT2D eigenvalue weighted by molar-refractivity contribution is 5.97. The van der Waals surface area contributed by atoms with Crippen molar-refractivity contribution >= 4 is 11.7 Å². The van der Waals surface area contributed by atoms with Crippen LogP contribution < -0.4 is 11.1 Å². The van der Waals surface area contributed by atoms with Gasteiger partial charge in [0.2, 0.25) is 5.91 Å². The maximum atomic E-state index is 11.4. The second-order valence-electron chi connectivity index (χ2n) is 4.06. The Kier molecular flexibility index (Phi) is 4.51. The number of hydrogen-bond acceptors (Lipinski definition) is 3. The standard InChI is InChI=1S/C12H17N3O2/c1-8(2)12(16)14-7-9-4-3-5-10(6-9)11(13)15-17/h3-6,8,17H,7H2,1-2H3,(H2,13,15)(H,14,16). The molecule has 0 saturated heterocycles. The molecule has 4 N–H and O–H groups in total. The lowest BCUT2D eigenvalue weighted by Crippen LogP contribution is -2.27. The molecular weight excluding hydrogens is 218 g/mol. The number of rotatable bonds is 4. The molecule has 0 bridgehead atoms. The molecule has 0 spiro atoms. The van der Waals surface area contributed by atoms with Gasteiger partial charge in [0.15, 0.2) is 5.84 Å². The van der Waals surface area contributed by atoms with E-state index < -0.39 is 0 Å². The van der Waals surface area contributed by atoms with Crippen LogP contribution in [0.15, 0.2) is 29.4 Å².